The van der Waals surface area contributed by atoms with Gasteiger partial charge in [0.15, 0.2) is 5.72 Å². The molecule has 8 atom stereocenters. The number of carbonyl (C=O) groups is 1. The smallest absolute Gasteiger partial charge is 0.379 e. The van der Waals surface area contributed by atoms with E-state index in [1.54, 1.807) is 7.11 Å². The average Bonchev–Trinajstić information content (AvgIpc) is 3.68. The highest BCUT2D eigenvalue weighted by atomic mass is 19.4. The van der Waals surface area contributed by atoms with Crippen LogP contribution in [0.2, 0.25) is 0 Å². The van der Waals surface area contributed by atoms with Gasteiger partial charge in [-0.05, 0) is 50.7 Å². The van der Waals surface area contributed by atoms with Crippen LogP contribution in [0.3, 0.4) is 0 Å². The minimum Gasteiger partial charge on any atom is -0.379 e. The minimum absolute atomic E-state index is 0.00164. The molecule has 6 fully saturated rings. The van der Waals surface area contributed by atoms with E-state index in [4.69, 9.17) is 14.2 Å². The number of ether oxygens (including phenoxy) is 3. The molecule has 2 unspecified atom stereocenters. The number of carbonyl (C=O) groups excluding carboxylic acids is 1. The lowest BCUT2D eigenvalue weighted by Gasteiger charge is -2.46. The number of hydrogen-bond donors (Lipinski definition) is 1. The van der Waals surface area contributed by atoms with Crippen LogP contribution in [-0.2, 0) is 25.2 Å². The third kappa shape index (κ3) is 3.29. The highest BCUT2D eigenvalue weighted by Crippen LogP contribution is 2.67. The summed E-state index contributed by atoms with van der Waals surface area (Å²) >= 11 is 0. The summed E-state index contributed by atoms with van der Waals surface area (Å²) < 4.78 is 58.0. The van der Waals surface area contributed by atoms with Crippen LogP contribution in [0.15, 0.2) is 18.3 Å². The van der Waals surface area contributed by atoms with E-state index in [0.29, 0.717) is 38.6 Å². The molecule has 2 bridgehead atoms. The predicted octanol–water partition coefficient (Wildman–Crippen LogP) is 2.57. The van der Waals surface area contributed by atoms with Crippen molar-refractivity contribution in [3.8, 4) is 0 Å². The van der Waals surface area contributed by atoms with Crippen molar-refractivity contribution in [2.45, 2.75) is 80.7 Å². The zero-order chi connectivity index (χ0) is 25.6. The molecule has 2 spiro atoms. The molecular formula is C26H33F3N4O4. The lowest BCUT2D eigenvalue weighted by molar-refractivity contribution is -0.156. The van der Waals surface area contributed by atoms with Crippen LogP contribution < -0.4 is 10.2 Å². The van der Waals surface area contributed by atoms with Crippen LogP contribution in [0.4, 0.5) is 19.0 Å². The Morgan fingerprint density at radius 3 is 2.92 bits per heavy atom. The van der Waals surface area contributed by atoms with Crippen LogP contribution in [0.5, 0.6) is 0 Å². The van der Waals surface area contributed by atoms with E-state index in [1.165, 1.54) is 6.20 Å². The second-order valence-electron chi connectivity index (χ2n) is 11.6. The molecule has 0 aromatic carbocycles. The van der Waals surface area contributed by atoms with Gasteiger partial charge in [0.05, 0.1) is 42.4 Å². The van der Waals surface area contributed by atoms with E-state index in [1.807, 2.05) is 9.80 Å². The summed E-state index contributed by atoms with van der Waals surface area (Å²) in [7, 11) is 1.71. The number of aromatic nitrogens is 1. The number of piperazine rings is 1. The van der Waals surface area contributed by atoms with Gasteiger partial charge in [-0.15, -0.1) is 0 Å². The van der Waals surface area contributed by atoms with E-state index in [-0.39, 0.29) is 42.1 Å². The lowest BCUT2D eigenvalue weighted by Crippen LogP contribution is -2.62. The van der Waals surface area contributed by atoms with E-state index in [9.17, 15) is 18.0 Å². The molecule has 1 N–H and O–H groups in total. The quantitative estimate of drug-likeness (QED) is 0.652. The first-order chi connectivity index (χ1) is 17.8. The van der Waals surface area contributed by atoms with E-state index >= 15 is 0 Å². The van der Waals surface area contributed by atoms with E-state index < -0.39 is 22.9 Å². The van der Waals surface area contributed by atoms with Crippen molar-refractivity contribution in [1.29, 1.82) is 0 Å². The molecule has 5 saturated heterocycles. The normalized spacial score (nSPS) is 42.8. The maximum Gasteiger partial charge on any atom is 0.416 e. The molecule has 8 nitrogen and oxygen atoms in total. The van der Waals surface area contributed by atoms with Gasteiger partial charge < -0.3 is 29.3 Å². The fourth-order valence-corrected chi connectivity index (χ4v) is 8.61. The number of amides is 1. The number of alkyl halides is 3. The first-order valence-electron chi connectivity index (χ1n) is 13.4. The van der Waals surface area contributed by atoms with Gasteiger partial charge >= 0.3 is 6.18 Å². The number of rotatable bonds is 4. The Morgan fingerprint density at radius 1 is 1.24 bits per heavy atom. The number of anilines is 1. The van der Waals surface area contributed by atoms with Crippen molar-refractivity contribution < 1.29 is 32.2 Å². The number of fused-ring (bicyclic) bond motifs is 4. The Labute approximate surface area is 213 Å². The average molecular weight is 523 g/mol. The Kier molecular flexibility index (Phi) is 5.39. The number of nitrogens with zero attached hydrogens (tertiary/aromatic N) is 3. The van der Waals surface area contributed by atoms with Gasteiger partial charge in [0.2, 0.25) is 5.91 Å². The molecular weight excluding hydrogens is 489 g/mol. The number of halogens is 3. The zero-order valence-electron chi connectivity index (χ0n) is 20.9. The summed E-state index contributed by atoms with van der Waals surface area (Å²) in [5.74, 6) is 0.520. The molecule has 1 amide bonds. The minimum atomic E-state index is -4.43. The van der Waals surface area contributed by atoms with Crippen LogP contribution in [0.25, 0.3) is 0 Å². The molecule has 37 heavy (non-hydrogen) atoms. The molecule has 1 aromatic rings. The van der Waals surface area contributed by atoms with Crippen molar-refractivity contribution in [3.05, 3.63) is 23.9 Å². The van der Waals surface area contributed by atoms with Crippen molar-refractivity contribution in [2.75, 3.05) is 38.4 Å². The molecule has 7 rings (SSSR count). The largest absolute Gasteiger partial charge is 0.416 e. The first-order valence-corrected chi connectivity index (χ1v) is 13.4. The molecule has 1 saturated carbocycles. The Hall–Kier alpha value is -1.95. The molecule has 6 heterocycles. The first kappa shape index (κ1) is 24.1. The molecule has 0 radical (unpaired) electrons. The second-order valence-corrected chi connectivity index (χ2v) is 11.6. The molecule has 1 aromatic heterocycles. The summed E-state index contributed by atoms with van der Waals surface area (Å²) in [6.07, 6.45) is 1.64. The summed E-state index contributed by atoms with van der Waals surface area (Å²) in [6, 6.07) is 2.28. The van der Waals surface area contributed by atoms with E-state index in [0.717, 1.165) is 44.2 Å². The van der Waals surface area contributed by atoms with Gasteiger partial charge in [0, 0.05) is 44.5 Å². The molecule has 1 aliphatic carbocycles. The zero-order valence-corrected chi connectivity index (χ0v) is 20.9. The fraction of sp³-hybridized carbons (Fsp3) is 0.769. The van der Waals surface area contributed by atoms with Crippen molar-refractivity contribution in [2.24, 2.45) is 11.3 Å². The van der Waals surface area contributed by atoms with Crippen molar-refractivity contribution in [3.63, 3.8) is 0 Å². The number of nitrogens with one attached hydrogen (secondary N) is 1. The third-order valence-corrected chi connectivity index (χ3v) is 10.0. The maximum atomic E-state index is 14.2. The highest BCUT2D eigenvalue weighted by molar-refractivity contribution is 5.89. The fourth-order valence-electron chi connectivity index (χ4n) is 8.61. The standard InChI is InChI=1S/C26H33F3N4O4/c1-35-19-14-36-8-4-18(19)31-16-2-6-24(12-16)20-5-9-37-25(20)21-11-17(33(25)23(24)34)13-32(21)22-10-15(3-7-30-22)26(27,28)29/h3,7,10,16-21,31H,2,4-6,8-9,11-14H2,1H3/t16-,17+,18+,19-,20?,21+,24+,25?/m1/s1. The number of methoxy groups -OCH3 is 1. The van der Waals surface area contributed by atoms with E-state index in [2.05, 4.69) is 10.3 Å². The maximum absolute atomic E-state index is 14.2. The summed E-state index contributed by atoms with van der Waals surface area (Å²) in [5.41, 5.74) is -1.97. The highest BCUT2D eigenvalue weighted by Gasteiger charge is 2.79. The summed E-state index contributed by atoms with van der Waals surface area (Å²) in [4.78, 5) is 22.5. The Morgan fingerprint density at radius 2 is 2.11 bits per heavy atom. The Bertz CT molecular complexity index is 1090. The van der Waals surface area contributed by atoms with Crippen LogP contribution in [0, 0.1) is 11.3 Å². The Balaban J connectivity index is 1.16. The summed E-state index contributed by atoms with van der Waals surface area (Å²) in [5, 5.41) is 3.78. The summed E-state index contributed by atoms with van der Waals surface area (Å²) in [6.45, 7) is 2.32. The van der Waals surface area contributed by atoms with Gasteiger partial charge in [-0.2, -0.15) is 13.2 Å². The number of hydrogen-bond acceptors (Lipinski definition) is 7. The third-order valence-electron chi connectivity index (χ3n) is 10.0. The monoisotopic (exact) mass is 522 g/mol. The second kappa shape index (κ2) is 8.27. The SMILES string of the molecule is CO[C@@H]1COCC[C@@H]1N[C@@H]1CC[C@@]2(C1)C(=O)N1[C@H]3C[C@H](N(c4cc(C(F)(F)F)ccn4)C3)C13OCCC32. The van der Waals surface area contributed by atoms with Crippen LogP contribution in [0.1, 0.15) is 44.1 Å². The molecule has 6 aliphatic rings. The molecule has 11 heteroatoms. The van der Waals surface area contributed by atoms with Crippen molar-refractivity contribution >= 4 is 11.7 Å². The van der Waals surface area contributed by atoms with Crippen molar-refractivity contribution in [1.82, 2.24) is 15.2 Å². The van der Waals surface area contributed by atoms with Crippen LogP contribution >= 0.6 is 0 Å². The van der Waals surface area contributed by atoms with Gasteiger partial charge in [0.25, 0.3) is 0 Å². The van der Waals surface area contributed by atoms with Crippen LogP contribution in [-0.4, -0.2) is 85.3 Å². The van der Waals surface area contributed by atoms with Gasteiger partial charge in [-0.25, -0.2) is 4.98 Å². The topological polar surface area (TPSA) is 76.2 Å². The molecule has 5 aliphatic heterocycles. The van der Waals surface area contributed by atoms with Gasteiger partial charge in [0.1, 0.15) is 5.82 Å². The number of pyridine rings is 1. The molecule has 202 valence electrons. The van der Waals surface area contributed by atoms with Gasteiger partial charge in [-0.1, -0.05) is 0 Å². The lowest BCUT2D eigenvalue weighted by atomic mass is 9.70. The predicted molar refractivity (Wildman–Crippen MR) is 126 cm³/mol. The van der Waals surface area contributed by atoms with Gasteiger partial charge in [-0.3, -0.25) is 4.79 Å².